The number of morpholine rings is 1. The van der Waals surface area contributed by atoms with Crippen molar-refractivity contribution in [1.82, 2.24) is 4.90 Å². The lowest BCUT2D eigenvalue weighted by atomic mass is 9.85. The number of hydrogen-bond donors (Lipinski definition) is 0. The quantitative estimate of drug-likeness (QED) is 0.705. The summed E-state index contributed by atoms with van der Waals surface area (Å²) >= 11 is 0. The van der Waals surface area contributed by atoms with E-state index in [0.29, 0.717) is 19.8 Å². The summed E-state index contributed by atoms with van der Waals surface area (Å²) in [5.74, 6) is 0.0300. The molecule has 1 saturated heterocycles. The van der Waals surface area contributed by atoms with Crippen LogP contribution >= 0.6 is 0 Å². The lowest BCUT2D eigenvalue weighted by Gasteiger charge is -2.38. The summed E-state index contributed by atoms with van der Waals surface area (Å²) in [6.07, 6.45) is 3.45. The number of carbonyl (C=O) groups excluding carboxylic acids is 2. The molecule has 0 bridgehead atoms. The van der Waals surface area contributed by atoms with Gasteiger partial charge in [-0.05, 0) is 32.6 Å². The van der Waals surface area contributed by atoms with Gasteiger partial charge >= 0.3 is 5.97 Å². The second-order valence-corrected chi connectivity index (χ2v) is 4.90. The van der Waals surface area contributed by atoms with Gasteiger partial charge in [0, 0.05) is 12.6 Å². The van der Waals surface area contributed by atoms with Gasteiger partial charge in [-0.1, -0.05) is 0 Å². The van der Waals surface area contributed by atoms with Crippen molar-refractivity contribution >= 4 is 11.9 Å². The second-order valence-electron chi connectivity index (χ2n) is 4.90. The largest absolute Gasteiger partial charge is 0.466 e. The molecule has 1 aliphatic heterocycles. The Morgan fingerprint density at radius 2 is 2.11 bits per heavy atom. The molecule has 0 radical (unpaired) electrons. The van der Waals surface area contributed by atoms with E-state index in [9.17, 15) is 9.59 Å². The first-order chi connectivity index (χ1) is 8.72. The molecule has 2 aliphatic rings. The minimum absolute atomic E-state index is 0.0253. The van der Waals surface area contributed by atoms with Gasteiger partial charge in [0.15, 0.2) is 0 Å². The second kappa shape index (κ2) is 6.18. The van der Waals surface area contributed by atoms with E-state index in [4.69, 9.17) is 9.47 Å². The highest BCUT2D eigenvalue weighted by atomic mass is 16.5. The summed E-state index contributed by atoms with van der Waals surface area (Å²) in [5.41, 5.74) is 0. The Balaban J connectivity index is 1.82. The van der Waals surface area contributed by atoms with Crippen molar-refractivity contribution in [2.45, 2.75) is 38.6 Å². The minimum Gasteiger partial charge on any atom is -0.466 e. The van der Waals surface area contributed by atoms with Gasteiger partial charge in [-0.15, -0.1) is 0 Å². The van der Waals surface area contributed by atoms with E-state index in [2.05, 4.69) is 0 Å². The maximum Gasteiger partial charge on any atom is 0.308 e. The molecule has 0 N–H and O–H groups in total. The summed E-state index contributed by atoms with van der Waals surface area (Å²) in [7, 11) is 0. The Hall–Kier alpha value is -1.10. The van der Waals surface area contributed by atoms with Gasteiger partial charge < -0.3 is 14.4 Å². The predicted molar refractivity (Wildman–Crippen MR) is 64.9 cm³/mol. The zero-order chi connectivity index (χ0) is 13.0. The van der Waals surface area contributed by atoms with Crippen LogP contribution in [-0.4, -0.2) is 49.2 Å². The predicted octanol–water partition coefficient (Wildman–Crippen LogP) is 0.967. The van der Waals surface area contributed by atoms with Crippen molar-refractivity contribution in [3.8, 4) is 0 Å². The normalized spacial score (nSPS) is 29.2. The number of hydrogen-bond acceptors (Lipinski definition) is 4. The molecule has 1 saturated carbocycles. The molecule has 2 fully saturated rings. The third-order valence-corrected chi connectivity index (χ3v) is 3.78. The average molecular weight is 255 g/mol. The third kappa shape index (κ3) is 3.02. The molecule has 0 aromatic carbocycles. The van der Waals surface area contributed by atoms with Crippen LogP contribution in [0.3, 0.4) is 0 Å². The first-order valence-corrected chi connectivity index (χ1v) is 6.76. The first kappa shape index (κ1) is 13.3. The molecule has 1 heterocycles. The van der Waals surface area contributed by atoms with E-state index in [1.807, 2.05) is 11.8 Å². The van der Waals surface area contributed by atoms with Gasteiger partial charge in [-0.25, -0.2) is 0 Å². The van der Waals surface area contributed by atoms with Crippen LogP contribution in [-0.2, 0) is 19.1 Å². The van der Waals surface area contributed by atoms with Gasteiger partial charge in [-0.2, -0.15) is 0 Å². The monoisotopic (exact) mass is 255 g/mol. The number of amides is 1. The minimum atomic E-state index is -0.0794. The topological polar surface area (TPSA) is 55.8 Å². The van der Waals surface area contributed by atoms with Crippen molar-refractivity contribution in [3.63, 3.8) is 0 Å². The van der Waals surface area contributed by atoms with Crippen molar-refractivity contribution in [2.24, 2.45) is 5.92 Å². The highest BCUT2D eigenvalue weighted by Crippen LogP contribution is 2.29. The van der Waals surface area contributed by atoms with Gasteiger partial charge in [0.05, 0.1) is 19.1 Å². The lowest BCUT2D eigenvalue weighted by Crippen LogP contribution is -2.49. The SMILES string of the molecule is CCOC(=O)C1CCC(N2CCOCC2=O)CC1. The Kier molecular flexibility index (Phi) is 4.58. The number of nitrogens with zero attached hydrogens (tertiary/aromatic N) is 1. The van der Waals surface area contributed by atoms with Crippen LogP contribution < -0.4 is 0 Å². The Morgan fingerprint density at radius 1 is 1.39 bits per heavy atom. The van der Waals surface area contributed by atoms with E-state index in [0.717, 1.165) is 25.7 Å². The number of carbonyl (C=O) groups is 2. The molecule has 102 valence electrons. The van der Waals surface area contributed by atoms with Crippen LogP contribution in [0.4, 0.5) is 0 Å². The molecule has 2 rings (SSSR count). The van der Waals surface area contributed by atoms with E-state index in [1.54, 1.807) is 0 Å². The maximum absolute atomic E-state index is 11.7. The molecular weight excluding hydrogens is 234 g/mol. The van der Waals surface area contributed by atoms with Crippen molar-refractivity contribution < 1.29 is 19.1 Å². The average Bonchev–Trinajstić information content (AvgIpc) is 2.40. The molecule has 5 heteroatoms. The molecule has 0 atom stereocenters. The Bertz CT molecular complexity index is 310. The molecule has 0 aromatic heterocycles. The fraction of sp³-hybridized carbons (Fsp3) is 0.846. The first-order valence-electron chi connectivity index (χ1n) is 6.76. The molecule has 5 nitrogen and oxygen atoms in total. The van der Waals surface area contributed by atoms with Crippen molar-refractivity contribution in [1.29, 1.82) is 0 Å². The fourth-order valence-electron chi connectivity index (χ4n) is 2.80. The Labute approximate surface area is 107 Å². The highest BCUT2D eigenvalue weighted by molar-refractivity contribution is 5.78. The summed E-state index contributed by atoms with van der Waals surface area (Å²) in [6.45, 7) is 3.80. The summed E-state index contributed by atoms with van der Waals surface area (Å²) < 4.78 is 10.2. The van der Waals surface area contributed by atoms with Crippen molar-refractivity contribution in [3.05, 3.63) is 0 Å². The molecule has 18 heavy (non-hydrogen) atoms. The van der Waals surface area contributed by atoms with E-state index >= 15 is 0 Å². The van der Waals surface area contributed by atoms with E-state index in [-0.39, 0.29) is 30.4 Å². The van der Waals surface area contributed by atoms with E-state index < -0.39 is 0 Å². The van der Waals surface area contributed by atoms with Crippen LogP contribution in [0.1, 0.15) is 32.6 Å². The summed E-state index contributed by atoms with van der Waals surface area (Å²) in [6, 6.07) is 0.284. The Morgan fingerprint density at radius 3 is 2.72 bits per heavy atom. The fourth-order valence-corrected chi connectivity index (χ4v) is 2.80. The van der Waals surface area contributed by atoms with Crippen molar-refractivity contribution in [2.75, 3.05) is 26.4 Å². The standard InChI is InChI=1S/C13H21NO4/c1-2-18-13(16)10-3-5-11(6-4-10)14-7-8-17-9-12(14)15/h10-11H,2-9H2,1H3. The van der Waals surface area contributed by atoms with Gasteiger partial charge in [0.2, 0.25) is 5.91 Å². The maximum atomic E-state index is 11.7. The van der Waals surface area contributed by atoms with Crippen LogP contribution in [0, 0.1) is 5.92 Å². The molecule has 1 amide bonds. The molecule has 1 aliphatic carbocycles. The molecular formula is C13H21NO4. The summed E-state index contributed by atoms with van der Waals surface area (Å²) in [5, 5.41) is 0. The molecule has 0 spiro atoms. The van der Waals surface area contributed by atoms with Gasteiger partial charge in [0.25, 0.3) is 0 Å². The zero-order valence-electron chi connectivity index (χ0n) is 10.9. The third-order valence-electron chi connectivity index (χ3n) is 3.78. The van der Waals surface area contributed by atoms with Gasteiger partial charge in [0.1, 0.15) is 6.61 Å². The molecule has 0 unspecified atom stereocenters. The number of ether oxygens (including phenoxy) is 2. The highest BCUT2D eigenvalue weighted by Gasteiger charge is 2.33. The van der Waals surface area contributed by atoms with Gasteiger partial charge in [-0.3, -0.25) is 9.59 Å². The lowest BCUT2D eigenvalue weighted by molar-refractivity contribution is -0.151. The van der Waals surface area contributed by atoms with Crippen LogP contribution in [0.25, 0.3) is 0 Å². The molecule has 0 aromatic rings. The number of rotatable bonds is 3. The van der Waals surface area contributed by atoms with Crippen LogP contribution in [0.15, 0.2) is 0 Å². The summed E-state index contributed by atoms with van der Waals surface area (Å²) in [4.78, 5) is 25.3. The van der Waals surface area contributed by atoms with Crippen LogP contribution in [0.5, 0.6) is 0 Å². The van der Waals surface area contributed by atoms with E-state index in [1.165, 1.54) is 0 Å². The van der Waals surface area contributed by atoms with Crippen LogP contribution in [0.2, 0.25) is 0 Å². The zero-order valence-corrected chi connectivity index (χ0v) is 10.9. The smallest absolute Gasteiger partial charge is 0.308 e. The number of esters is 1.